The number of amides is 1. The molecule has 0 radical (unpaired) electrons. The van der Waals surface area contributed by atoms with Gasteiger partial charge in [-0.2, -0.15) is 0 Å². The van der Waals surface area contributed by atoms with Crippen molar-refractivity contribution in [3.05, 3.63) is 0 Å². The standard InChI is InChI=1S/C11H22N2O3/c1-8(10(15)16-11(2,3)4)13-9(14)6-5-7-12/h8H,5-7,12H2,1-4H3,(H,13,14)/t8-/m0/s1. The Hall–Kier alpha value is -1.10. The first-order chi connectivity index (χ1) is 7.26. The van der Waals surface area contributed by atoms with Crippen LogP contribution in [0.15, 0.2) is 0 Å². The topological polar surface area (TPSA) is 81.4 Å². The largest absolute Gasteiger partial charge is 0.458 e. The second-order valence-electron chi connectivity index (χ2n) is 4.71. The Morgan fingerprint density at radius 3 is 2.38 bits per heavy atom. The van der Waals surface area contributed by atoms with E-state index in [1.54, 1.807) is 27.7 Å². The molecule has 1 amide bonds. The van der Waals surface area contributed by atoms with Gasteiger partial charge < -0.3 is 15.8 Å². The van der Waals surface area contributed by atoms with Crippen molar-refractivity contribution in [1.29, 1.82) is 0 Å². The highest BCUT2D eigenvalue weighted by molar-refractivity contribution is 5.84. The van der Waals surface area contributed by atoms with Gasteiger partial charge in [-0.05, 0) is 40.7 Å². The molecular weight excluding hydrogens is 208 g/mol. The van der Waals surface area contributed by atoms with Crippen molar-refractivity contribution >= 4 is 11.9 Å². The number of nitrogens with one attached hydrogen (secondary N) is 1. The van der Waals surface area contributed by atoms with E-state index >= 15 is 0 Å². The van der Waals surface area contributed by atoms with Gasteiger partial charge in [0.1, 0.15) is 11.6 Å². The van der Waals surface area contributed by atoms with Crippen LogP contribution in [0.25, 0.3) is 0 Å². The molecule has 0 saturated heterocycles. The van der Waals surface area contributed by atoms with Crippen LogP contribution in [0.1, 0.15) is 40.5 Å². The lowest BCUT2D eigenvalue weighted by molar-refractivity contribution is -0.158. The molecule has 16 heavy (non-hydrogen) atoms. The fourth-order valence-electron chi connectivity index (χ4n) is 1.03. The maximum absolute atomic E-state index is 11.5. The van der Waals surface area contributed by atoms with Crippen molar-refractivity contribution in [2.24, 2.45) is 5.73 Å². The Labute approximate surface area is 96.7 Å². The molecule has 3 N–H and O–H groups in total. The first kappa shape index (κ1) is 14.9. The van der Waals surface area contributed by atoms with Crippen LogP contribution in [0.2, 0.25) is 0 Å². The highest BCUT2D eigenvalue weighted by Gasteiger charge is 2.22. The van der Waals surface area contributed by atoms with E-state index in [9.17, 15) is 9.59 Å². The van der Waals surface area contributed by atoms with Crippen LogP contribution in [0.3, 0.4) is 0 Å². The average molecular weight is 230 g/mol. The van der Waals surface area contributed by atoms with Gasteiger partial charge >= 0.3 is 5.97 Å². The summed E-state index contributed by atoms with van der Waals surface area (Å²) in [5.41, 5.74) is 4.74. The summed E-state index contributed by atoms with van der Waals surface area (Å²) in [5, 5.41) is 2.57. The van der Waals surface area contributed by atoms with Crippen molar-refractivity contribution in [2.45, 2.75) is 52.2 Å². The Kier molecular flexibility index (Phi) is 6.03. The Morgan fingerprint density at radius 1 is 1.38 bits per heavy atom. The van der Waals surface area contributed by atoms with E-state index < -0.39 is 17.6 Å². The number of carbonyl (C=O) groups excluding carboxylic acids is 2. The van der Waals surface area contributed by atoms with Crippen molar-refractivity contribution in [3.8, 4) is 0 Å². The molecule has 5 heteroatoms. The Morgan fingerprint density at radius 2 is 1.94 bits per heavy atom. The van der Waals surface area contributed by atoms with E-state index in [0.29, 0.717) is 19.4 Å². The monoisotopic (exact) mass is 230 g/mol. The first-order valence-corrected chi connectivity index (χ1v) is 5.48. The van der Waals surface area contributed by atoms with Crippen molar-refractivity contribution in [3.63, 3.8) is 0 Å². The maximum atomic E-state index is 11.5. The van der Waals surface area contributed by atoms with Crippen LogP contribution >= 0.6 is 0 Å². The van der Waals surface area contributed by atoms with Gasteiger partial charge in [-0.25, -0.2) is 4.79 Å². The summed E-state index contributed by atoms with van der Waals surface area (Å²) in [6.07, 6.45) is 0.955. The van der Waals surface area contributed by atoms with Crippen LogP contribution < -0.4 is 11.1 Å². The fourth-order valence-corrected chi connectivity index (χ4v) is 1.03. The maximum Gasteiger partial charge on any atom is 0.328 e. The van der Waals surface area contributed by atoms with Crippen molar-refractivity contribution in [2.75, 3.05) is 6.54 Å². The summed E-state index contributed by atoms with van der Waals surface area (Å²) >= 11 is 0. The highest BCUT2D eigenvalue weighted by Crippen LogP contribution is 2.08. The molecule has 1 atom stereocenters. The number of esters is 1. The minimum Gasteiger partial charge on any atom is -0.458 e. The molecule has 0 aromatic rings. The molecule has 94 valence electrons. The van der Waals surface area contributed by atoms with E-state index in [-0.39, 0.29) is 5.91 Å². The van der Waals surface area contributed by atoms with E-state index in [1.807, 2.05) is 0 Å². The minimum absolute atomic E-state index is 0.177. The van der Waals surface area contributed by atoms with Crippen LogP contribution in [-0.4, -0.2) is 30.1 Å². The molecule has 0 bridgehead atoms. The summed E-state index contributed by atoms with van der Waals surface area (Å²) in [6.45, 7) is 7.43. The van der Waals surface area contributed by atoms with E-state index in [1.165, 1.54) is 0 Å². The number of carbonyl (C=O) groups is 2. The molecule has 0 unspecified atom stereocenters. The molecule has 5 nitrogen and oxygen atoms in total. The molecule has 0 heterocycles. The third-order valence-electron chi connectivity index (χ3n) is 1.75. The normalized spacial score (nSPS) is 13.1. The third kappa shape index (κ3) is 7.23. The van der Waals surface area contributed by atoms with Gasteiger partial charge in [0.2, 0.25) is 5.91 Å². The molecule has 0 saturated carbocycles. The van der Waals surface area contributed by atoms with Gasteiger partial charge in [0, 0.05) is 6.42 Å². The predicted octanol–water partition coefficient (Wildman–Crippen LogP) is 0.572. The third-order valence-corrected chi connectivity index (χ3v) is 1.75. The highest BCUT2D eigenvalue weighted by atomic mass is 16.6. The van der Waals surface area contributed by atoms with Crippen LogP contribution in [-0.2, 0) is 14.3 Å². The molecule has 0 aromatic heterocycles. The molecule has 0 rings (SSSR count). The van der Waals surface area contributed by atoms with Crippen molar-refractivity contribution in [1.82, 2.24) is 5.32 Å². The summed E-state index contributed by atoms with van der Waals surface area (Å²) in [7, 11) is 0. The summed E-state index contributed by atoms with van der Waals surface area (Å²) in [5.74, 6) is -0.600. The number of ether oxygens (including phenoxy) is 1. The molecule has 0 fully saturated rings. The van der Waals surface area contributed by atoms with Gasteiger partial charge in [0.05, 0.1) is 0 Å². The minimum atomic E-state index is -0.621. The average Bonchev–Trinajstić information content (AvgIpc) is 2.11. The predicted molar refractivity (Wildman–Crippen MR) is 61.7 cm³/mol. The number of hydrogen-bond donors (Lipinski definition) is 2. The molecular formula is C11H22N2O3. The Balaban J connectivity index is 4.01. The lowest BCUT2D eigenvalue weighted by Gasteiger charge is -2.22. The zero-order chi connectivity index (χ0) is 12.8. The lowest BCUT2D eigenvalue weighted by atomic mass is 10.2. The first-order valence-electron chi connectivity index (χ1n) is 5.48. The van der Waals surface area contributed by atoms with Gasteiger partial charge in [-0.15, -0.1) is 0 Å². The SMILES string of the molecule is C[C@H](NC(=O)CCCN)C(=O)OC(C)(C)C. The number of rotatable bonds is 5. The zero-order valence-electron chi connectivity index (χ0n) is 10.5. The summed E-state index contributed by atoms with van der Waals surface area (Å²) in [4.78, 5) is 22.8. The summed E-state index contributed by atoms with van der Waals surface area (Å²) < 4.78 is 5.13. The van der Waals surface area contributed by atoms with E-state index in [4.69, 9.17) is 10.5 Å². The molecule has 0 aliphatic carbocycles. The molecule has 0 spiro atoms. The van der Waals surface area contributed by atoms with Gasteiger partial charge in [0.25, 0.3) is 0 Å². The number of nitrogens with two attached hydrogens (primary N) is 1. The Bertz CT molecular complexity index is 246. The number of hydrogen-bond acceptors (Lipinski definition) is 4. The summed E-state index contributed by atoms with van der Waals surface area (Å²) in [6, 6.07) is -0.621. The fraction of sp³-hybridized carbons (Fsp3) is 0.818. The van der Waals surface area contributed by atoms with Crippen LogP contribution in [0.5, 0.6) is 0 Å². The zero-order valence-corrected chi connectivity index (χ0v) is 10.5. The second kappa shape index (κ2) is 6.48. The lowest BCUT2D eigenvalue weighted by Crippen LogP contribution is -2.42. The smallest absolute Gasteiger partial charge is 0.328 e. The van der Waals surface area contributed by atoms with E-state index in [0.717, 1.165) is 0 Å². The van der Waals surface area contributed by atoms with Gasteiger partial charge in [-0.3, -0.25) is 4.79 Å². The van der Waals surface area contributed by atoms with Crippen LogP contribution in [0.4, 0.5) is 0 Å². The van der Waals surface area contributed by atoms with Crippen molar-refractivity contribution < 1.29 is 14.3 Å². The van der Waals surface area contributed by atoms with Gasteiger partial charge in [-0.1, -0.05) is 0 Å². The van der Waals surface area contributed by atoms with Crippen LogP contribution in [0, 0.1) is 0 Å². The molecule has 0 aliphatic heterocycles. The second-order valence-corrected chi connectivity index (χ2v) is 4.71. The van der Waals surface area contributed by atoms with Gasteiger partial charge in [0.15, 0.2) is 0 Å². The quantitative estimate of drug-likeness (QED) is 0.677. The molecule has 0 aliphatic rings. The molecule has 0 aromatic carbocycles. The van der Waals surface area contributed by atoms with E-state index in [2.05, 4.69) is 5.32 Å².